The van der Waals surface area contributed by atoms with Crippen molar-refractivity contribution in [3.05, 3.63) is 0 Å². The Labute approximate surface area is 113 Å². The molecule has 1 unspecified atom stereocenters. The summed E-state index contributed by atoms with van der Waals surface area (Å²) in [5, 5.41) is 11.9. The highest BCUT2D eigenvalue weighted by Gasteiger charge is 2.26. The summed E-state index contributed by atoms with van der Waals surface area (Å²) < 4.78 is 4.88. The summed E-state index contributed by atoms with van der Waals surface area (Å²) in [4.78, 5) is 26.4. The van der Waals surface area contributed by atoms with Gasteiger partial charge in [0.15, 0.2) is 0 Å². The molecular formula is C12H23N3O4. The monoisotopic (exact) mass is 273 g/mol. The first-order chi connectivity index (χ1) is 9.06. The minimum Gasteiger partial charge on any atom is -0.480 e. The van der Waals surface area contributed by atoms with Crippen LogP contribution < -0.4 is 5.32 Å². The minimum absolute atomic E-state index is 0.0544. The van der Waals surface area contributed by atoms with Gasteiger partial charge in [-0.15, -0.1) is 0 Å². The second-order valence-electron chi connectivity index (χ2n) is 4.60. The predicted molar refractivity (Wildman–Crippen MR) is 70.0 cm³/mol. The average Bonchev–Trinajstić information content (AvgIpc) is 2.42. The van der Waals surface area contributed by atoms with E-state index in [2.05, 4.69) is 5.32 Å². The van der Waals surface area contributed by atoms with Gasteiger partial charge in [0.05, 0.1) is 13.2 Å². The number of ether oxygens (including phenoxy) is 1. The number of carbonyl (C=O) groups is 2. The fourth-order valence-corrected chi connectivity index (χ4v) is 2.00. The first kappa shape index (κ1) is 15.9. The maximum absolute atomic E-state index is 11.9. The summed E-state index contributed by atoms with van der Waals surface area (Å²) in [6.07, 6.45) is 0. The standard InChI is InChI=1S/C12H23N3O4/c1-10(12(17)18)14-4-6-15(7-5-14)11(16)9-13-3-8-19-2/h10,13H,3-9H2,1-2H3,(H,17,18). The molecule has 1 heterocycles. The highest BCUT2D eigenvalue weighted by atomic mass is 16.5. The molecule has 0 aromatic carbocycles. The van der Waals surface area contributed by atoms with E-state index in [9.17, 15) is 9.59 Å². The molecule has 0 bridgehead atoms. The van der Waals surface area contributed by atoms with Crippen molar-refractivity contribution >= 4 is 11.9 Å². The zero-order chi connectivity index (χ0) is 14.3. The number of nitrogens with one attached hydrogen (secondary N) is 1. The molecular weight excluding hydrogens is 250 g/mol. The van der Waals surface area contributed by atoms with Crippen LogP contribution in [0.1, 0.15) is 6.92 Å². The summed E-state index contributed by atoms with van der Waals surface area (Å²) in [6, 6.07) is -0.489. The number of rotatable bonds is 7. The van der Waals surface area contributed by atoms with Gasteiger partial charge in [-0.1, -0.05) is 0 Å². The summed E-state index contributed by atoms with van der Waals surface area (Å²) in [5.74, 6) is -0.764. The van der Waals surface area contributed by atoms with Gasteiger partial charge in [-0.05, 0) is 6.92 Å². The molecule has 1 fully saturated rings. The largest absolute Gasteiger partial charge is 0.480 e. The second-order valence-corrected chi connectivity index (χ2v) is 4.60. The van der Waals surface area contributed by atoms with Crippen molar-refractivity contribution in [2.75, 3.05) is 53.0 Å². The Balaban J connectivity index is 2.25. The Morgan fingerprint density at radius 1 is 1.32 bits per heavy atom. The molecule has 0 spiro atoms. The van der Waals surface area contributed by atoms with Crippen molar-refractivity contribution < 1.29 is 19.4 Å². The number of amides is 1. The van der Waals surface area contributed by atoms with E-state index in [1.165, 1.54) is 0 Å². The van der Waals surface area contributed by atoms with Crippen LogP contribution in [0.2, 0.25) is 0 Å². The van der Waals surface area contributed by atoms with Gasteiger partial charge in [0.2, 0.25) is 5.91 Å². The summed E-state index contributed by atoms with van der Waals surface area (Å²) in [6.45, 7) is 5.60. The molecule has 110 valence electrons. The Morgan fingerprint density at radius 2 is 1.95 bits per heavy atom. The Morgan fingerprint density at radius 3 is 2.47 bits per heavy atom. The van der Waals surface area contributed by atoms with Gasteiger partial charge in [0.25, 0.3) is 0 Å². The molecule has 0 saturated carbocycles. The Kier molecular flexibility index (Phi) is 6.75. The molecule has 1 atom stereocenters. The van der Waals surface area contributed by atoms with E-state index in [0.717, 1.165) is 0 Å². The molecule has 7 heteroatoms. The van der Waals surface area contributed by atoms with Crippen molar-refractivity contribution in [2.24, 2.45) is 0 Å². The number of hydrogen-bond donors (Lipinski definition) is 2. The molecule has 19 heavy (non-hydrogen) atoms. The summed E-state index contributed by atoms with van der Waals surface area (Å²) in [5.41, 5.74) is 0. The van der Waals surface area contributed by atoms with Crippen molar-refractivity contribution in [3.63, 3.8) is 0 Å². The molecule has 1 rings (SSSR count). The number of carboxylic acid groups (broad SMARTS) is 1. The summed E-state index contributed by atoms with van der Waals surface area (Å²) in [7, 11) is 1.62. The molecule has 2 N–H and O–H groups in total. The maximum atomic E-state index is 11.9. The average molecular weight is 273 g/mol. The van der Waals surface area contributed by atoms with Gasteiger partial charge in [-0.25, -0.2) is 0 Å². The minimum atomic E-state index is -0.819. The first-order valence-corrected chi connectivity index (χ1v) is 6.50. The third-order valence-electron chi connectivity index (χ3n) is 3.33. The van der Waals surface area contributed by atoms with E-state index < -0.39 is 12.0 Å². The third kappa shape index (κ3) is 5.14. The van der Waals surface area contributed by atoms with Crippen LogP contribution in [0.4, 0.5) is 0 Å². The number of aliphatic carboxylic acids is 1. The molecule has 1 aliphatic heterocycles. The maximum Gasteiger partial charge on any atom is 0.320 e. The third-order valence-corrected chi connectivity index (χ3v) is 3.33. The van der Waals surface area contributed by atoms with Crippen molar-refractivity contribution in [3.8, 4) is 0 Å². The van der Waals surface area contributed by atoms with Crippen LogP contribution in [0.5, 0.6) is 0 Å². The highest BCUT2D eigenvalue weighted by Crippen LogP contribution is 2.06. The summed E-state index contributed by atoms with van der Waals surface area (Å²) >= 11 is 0. The van der Waals surface area contributed by atoms with Crippen LogP contribution in [0.15, 0.2) is 0 Å². The number of piperazine rings is 1. The lowest BCUT2D eigenvalue weighted by Gasteiger charge is -2.36. The van der Waals surface area contributed by atoms with E-state index in [-0.39, 0.29) is 5.91 Å². The normalized spacial score (nSPS) is 18.3. The highest BCUT2D eigenvalue weighted by molar-refractivity contribution is 5.78. The number of carbonyl (C=O) groups excluding carboxylic acids is 1. The van der Waals surface area contributed by atoms with Crippen LogP contribution in [0.3, 0.4) is 0 Å². The lowest BCUT2D eigenvalue weighted by atomic mass is 10.2. The van der Waals surface area contributed by atoms with Crippen LogP contribution in [-0.4, -0.2) is 85.8 Å². The van der Waals surface area contributed by atoms with Crippen LogP contribution in [-0.2, 0) is 14.3 Å². The van der Waals surface area contributed by atoms with E-state index in [4.69, 9.17) is 9.84 Å². The van der Waals surface area contributed by atoms with Gasteiger partial charge < -0.3 is 20.1 Å². The first-order valence-electron chi connectivity index (χ1n) is 6.50. The molecule has 0 aromatic rings. The van der Waals surface area contributed by atoms with Gasteiger partial charge >= 0.3 is 5.97 Å². The van der Waals surface area contributed by atoms with E-state index in [1.54, 1.807) is 18.9 Å². The van der Waals surface area contributed by atoms with Crippen LogP contribution in [0.25, 0.3) is 0 Å². The van der Waals surface area contributed by atoms with Crippen molar-refractivity contribution in [1.82, 2.24) is 15.1 Å². The molecule has 1 saturated heterocycles. The van der Waals surface area contributed by atoms with E-state index in [0.29, 0.717) is 45.9 Å². The number of methoxy groups -OCH3 is 1. The topological polar surface area (TPSA) is 82.1 Å². The van der Waals surface area contributed by atoms with E-state index >= 15 is 0 Å². The second kappa shape index (κ2) is 8.08. The van der Waals surface area contributed by atoms with Crippen molar-refractivity contribution in [2.45, 2.75) is 13.0 Å². The fourth-order valence-electron chi connectivity index (χ4n) is 2.00. The Bertz CT molecular complexity index is 303. The van der Waals surface area contributed by atoms with E-state index in [1.807, 2.05) is 4.90 Å². The lowest BCUT2D eigenvalue weighted by molar-refractivity contribution is -0.143. The number of carboxylic acids is 1. The van der Waals surface area contributed by atoms with Crippen LogP contribution >= 0.6 is 0 Å². The number of hydrogen-bond acceptors (Lipinski definition) is 5. The SMILES string of the molecule is COCCNCC(=O)N1CCN(C(C)C(=O)O)CC1. The van der Waals surface area contributed by atoms with Gasteiger partial charge in [0, 0.05) is 39.8 Å². The molecule has 1 amide bonds. The molecule has 7 nitrogen and oxygen atoms in total. The van der Waals surface area contributed by atoms with Gasteiger partial charge in [0.1, 0.15) is 6.04 Å². The van der Waals surface area contributed by atoms with Crippen LogP contribution in [0, 0.1) is 0 Å². The molecule has 0 aromatic heterocycles. The quantitative estimate of drug-likeness (QED) is 0.569. The fraction of sp³-hybridized carbons (Fsp3) is 0.833. The molecule has 0 radical (unpaired) electrons. The lowest BCUT2D eigenvalue weighted by Crippen LogP contribution is -2.54. The zero-order valence-corrected chi connectivity index (χ0v) is 11.6. The van der Waals surface area contributed by atoms with Crippen molar-refractivity contribution in [1.29, 1.82) is 0 Å². The smallest absolute Gasteiger partial charge is 0.320 e. The molecule has 0 aliphatic carbocycles. The van der Waals surface area contributed by atoms with Gasteiger partial charge in [-0.3, -0.25) is 14.5 Å². The Hall–Kier alpha value is -1.18. The zero-order valence-electron chi connectivity index (χ0n) is 11.6. The van der Waals surface area contributed by atoms with Gasteiger partial charge in [-0.2, -0.15) is 0 Å². The molecule has 1 aliphatic rings. The number of nitrogens with zero attached hydrogens (tertiary/aromatic N) is 2. The predicted octanol–water partition coefficient (Wildman–Crippen LogP) is -1.16.